The van der Waals surface area contributed by atoms with Gasteiger partial charge in [-0.1, -0.05) is 29.8 Å². The van der Waals surface area contributed by atoms with Crippen molar-refractivity contribution in [3.8, 4) is 11.5 Å². The lowest BCUT2D eigenvalue weighted by atomic mass is 9.98. The van der Waals surface area contributed by atoms with Crippen molar-refractivity contribution in [3.05, 3.63) is 80.7 Å². The van der Waals surface area contributed by atoms with Crippen molar-refractivity contribution in [2.75, 3.05) is 14.2 Å². The Bertz CT molecular complexity index is 1530. The smallest absolute Gasteiger partial charge is 0.338 e. The first-order chi connectivity index (χ1) is 16.8. The first-order valence-electron chi connectivity index (χ1n) is 11.0. The van der Waals surface area contributed by atoms with Crippen molar-refractivity contribution in [1.82, 2.24) is 0 Å². The van der Waals surface area contributed by atoms with E-state index in [0.29, 0.717) is 44.2 Å². The number of ether oxygens (including phenoxy) is 4. The number of hydrogen-bond acceptors (Lipinski definition) is 7. The summed E-state index contributed by atoms with van der Waals surface area (Å²) in [5.74, 6) is 0.686. The summed E-state index contributed by atoms with van der Waals surface area (Å²) in [6, 6.07) is 13.4. The van der Waals surface area contributed by atoms with Gasteiger partial charge in [-0.25, -0.2) is 4.79 Å². The zero-order valence-electron chi connectivity index (χ0n) is 19.6. The van der Waals surface area contributed by atoms with E-state index in [2.05, 4.69) is 0 Å². The molecule has 0 spiro atoms. The monoisotopic (exact) mass is 494 g/mol. The minimum atomic E-state index is -0.717. The van der Waals surface area contributed by atoms with E-state index < -0.39 is 11.6 Å². The molecular formula is C27H23ClO7. The van der Waals surface area contributed by atoms with Crippen LogP contribution in [0.3, 0.4) is 0 Å². The molecule has 35 heavy (non-hydrogen) atoms. The number of carbonyl (C=O) groups is 1. The van der Waals surface area contributed by atoms with E-state index >= 15 is 0 Å². The number of rotatable bonds is 6. The van der Waals surface area contributed by atoms with E-state index in [0.717, 1.165) is 0 Å². The van der Waals surface area contributed by atoms with Gasteiger partial charge in [-0.05, 0) is 32.0 Å². The van der Waals surface area contributed by atoms with Crippen LogP contribution in [0, 0.1) is 0 Å². The van der Waals surface area contributed by atoms with Crippen molar-refractivity contribution < 1.29 is 28.2 Å². The molecule has 8 heteroatoms. The number of halogens is 1. The predicted molar refractivity (Wildman–Crippen MR) is 132 cm³/mol. The lowest BCUT2D eigenvalue weighted by molar-refractivity contribution is 0.0474. The van der Waals surface area contributed by atoms with Crippen molar-refractivity contribution in [2.45, 2.75) is 32.2 Å². The second kappa shape index (κ2) is 8.59. The Labute approximate surface area is 206 Å². The molecule has 2 heterocycles. The van der Waals surface area contributed by atoms with E-state index in [1.54, 1.807) is 36.4 Å². The summed E-state index contributed by atoms with van der Waals surface area (Å²) in [5, 5.41) is 1.65. The second-order valence-electron chi connectivity index (χ2n) is 8.54. The highest BCUT2D eigenvalue weighted by Gasteiger charge is 2.53. The van der Waals surface area contributed by atoms with Crippen LogP contribution in [0.15, 0.2) is 57.7 Å². The van der Waals surface area contributed by atoms with E-state index in [-0.39, 0.29) is 29.1 Å². The van der Waals surface area contributed by atoms with Crippen molar-refractivity contribution in [3.63, 3.8) is 0 Å². The number of fused-ring (bicyclic) bond motifs is 3. The average Bonchev–Trinajstić information content (AvgIpc) is 3.49. The summed E-state index contributed by atoms with van der Waals surface area (Å²) in [6.45, 7) is 3.62. The molecule has 1 saturated heterocycles. The molecule has 0 unspecified atom stereocenters. The zero-order valence-corrected chi connectivity index (χ0v) is 20.4. The van der Waals surface area contributed by atoms with Gasteiger partial charge in [0.25, 0.3) is 0 Å². The first kappa shape index (κ1) is 23.2. The molecule has 180 valence electrons. The molecule has 1 aliphatic rings. The Morgan fingerprint density at radius 3 is 2.43 bits per heavy atom. The maximum atomic E-state index is 13.4. The number of epoxide rings is 1. The molecule has 1 aromatic heterocycles. The highest BCUT2D eigenvalue weighted by Crippen LogP contribution is 2.48. The molecule has 0 radical (unpaired) electrons. The summed E-state index contributed by atoms with van der Waals surface area (Å²) in [7, 11) is 3.01. The van der Waals surface area contributed by atoms with Gasteiger partial charge in [-0.15, -0.1) is 0 Å². The second-order valence-corrected chi connectivity index (χ2v) is 8.95. The van der Waals surface area contributed by atoms with E-state index in [1.165, 1.54) is 20.3 Å². The van der Waals surface area contributed by atoms with Crippen LogP contribution >= 0.6 is 11.6 Å². The van der Waals surface area contributed by atoms with Crippen LogP contribution in [0.4, 0.5) is 0 Å². The molecule has 0 N–H and O–H groups in total. The van der Waals surface area contributed by atoms with Gasteiger partial charge in [0.15, 0.2) is 5.43 Å². The van der Waals surface area contributed by atoms with Gasteiger partial charge < -0.3 is 23.4 Å². The van der Waals surface area contributed by atoms with Crippen molar-refractivity contribution in [2.24, 2.45) is 0 Å². The van der Waals surface area contributed by atoms with Crippen LogP contribution < -0.4 is 14.9 Å². The number of hydrogen-bond donors (Lipinski definition) is 0. The quantitative estimate of drug-likeness (QED) is 0.195. The Hall–Kier alpha value is -3.55. The zero-order chi connectivity index (χ0) is 24.9. The minimum absolute atomic E-state index is 0.107. The third-order valence-corrected chi connectivity index (χ3v) is 6.75. The molecule has 0 bridgehead atoms. The number of carbonyl (C=O) groups excluding carboxylic acids is 1. The first-order valence-corrected chi connectivity index (χ1v) is 11.4. The molecule has 0 aliphatic carbocycles. The van der Waals surface area contributed by atoms with Crippen LogP contribution in [-0.4, -0.2) is 26.3 Å². The molecule has 1 aliphatic heterocycles. The van der Waals surface area contributed by atoms with Crippen LogP contribution in [-0.2, 0) is 21.7 Å². The maximum Gasteiger partial charge on any atom is 0.338 e. The highest BCUT2D eigenvalue weighted by molar-refractivity contribution is 6.34. The van der Waals surface area contributed by atoms with Gasteiger partial charge in [0.05, 0.1) is 41.7 Å². The molecule has 3 aromatic carbocycles. The molecule has 1 fully saturated rings. The Balaban J connectivity index is 1.76. The fourth-order valence-corrected chi connectivity index (χ4v) is 4.60. The minimum Gasteiger partial charge on any atom is -0.496 e. The fraction of sp³-hybridized carbons (Fsp3) is 0.259. The Morgan fingerprint density at radius 2 is 1.80 bits per heavy atom. The SMILES string of the molecule is COc1cc(Cl)c(OC)c2c1cc(COC(=O)c1ccccc1)c1c(=O)cc([C@@]3(C)O[C@H]3C)oc12. The molecule has 0 amide bonds. The summed E-state index contributed by atoms with van der Waals surface area (Å²) < 4.78 is 28.8. The average molecular weight is 495 g/mol. The van der Waals surface area contributed by atoms with Gasteiger partial charge in [-0.2, -0.15) is 0 Å². The number of benzene rings is 3. The standard InChI is InChI=1S/C27H23ClO7/c1-14-27(2,35-14)21-12-19(29)22-16(13-33-26(30)15-8-6-5-7-9-15)10-17-20(31-3)11-18(28)24(32-4)23(17)25(22)34-21/h5-12,14H,13H2,1-4H3/t14-,27-/m0/s1. The summed E-state index contributed by atoms with van der Waals surface area (Å²) in [6.07, 6.45) is -0.107. The van der Waals surface area contributed by atoms with E-state index in [9.17, 15) is 9.59 Å². The summed E-state index contributed by atoms with van der Waals surface area (Å²) in [4.78, 5) is 26.0. The predicted octanol–water partition coefficient (Wildman–Crippen LogP) is 5.61. The van der Waals surface area contributed by atoms with E-state index in [1.807, 2.05) is 19.9 Å². The van der Waals surface area contributed by atoms with Crippen LogP contribution in [0.5, 0.6) is 11.5 Å². The van der Waals surface area contributed by atoms with Gasteiger partial charge in [0.2, 0.25) is 0 Å². The van der Waals surface area contributed by atoms with Gasteiger partial charge in [-0.3, -0.25) is 4.79 Å². The van der Waals surface area contributed by atoms with Crippen molar-refractivity contribution >= 4 is 39.3 Å². The molecule has 7 nitrogen and oxygen atoms in total. The summed E-state index contributed by atoms with van der Waals surface area (Å²) in [5.41, 5.74) is 0.127. The Kier molecular flexibility index (Phi) is 5.69. The van der Waals surface area contributed by atoms with Crippen LogP contribution in [0.25, 0.3) is 21.7 Å². The maximum absolute atomic E-state index is 13.4. The molecule has 0 saturated carbocycles. The fourth-order valence-electron chi connectivity index (χ4n) is 4.33. The third kappa shape index (κ3) is 3.81. The van der Waals surface area contributed by atoms with Gasteiger partial charge in [0, 0.05) is 23.1 Å². The number of esters is 1. The van der Waals surface area contributed by atoms with Gasteiger partial charge >= 0.3 is 5.97 Å². The molecular weight excluding hydrogens is 472 g/mol. The lowest BCUT2D eigenvalue weighted by Gasteiger charge is -2.17. The third-order valence-electron chi connectivity index (χ3n) is 6.47. The van der Waals surface area contributed by atoms with E-state index in [4.69, 9.17) is 35.0 Å². The van der Waals surface area contributed by atoms with Crippen LogP contribution in [0.2, 0.25) is 5.02 Å². The largest absolute Gasteiger partial charge is 0.496 e. The molecule has 4 aromatic rings. The topological polar surface area (TPSA) is 87.5 Å². The summed E-state index contributed by atoms with van der Waals surface area (Å²) >= 11 is 6.48. The normalized spacial score (nSPS) is 19.1. The molecule has 5 rings (SSSR count). The number of methoxy groups -OCH3 is 2. The van der Waals surface area contributed by atoms with Crippen LogP contribution in [0.1, 0.15) is 35.5 Å². The lowest BCUT2D eigenvalue weighted by Crippen LogP contribution is -2.14. The van der Waals surface area contributed by atoms with Gasteiger partial charge in [0.1, 0.15) is 35.1 Å². The molecule has 2 atom stereocenters. The highest BCUT2D eigenvalue weighted by atomic mass is 35.5. The van der Waals surface area contributed by atoms with Crippen molar-refractivity contribution in [1.29, 1.82) is 0 Å². The Morgan fingerprint density at radius 1 is 1.09 bits per heavy atom.